The maximum absolute atomic E-state index is 10.1. The Morgan fingerprint density at radius 1 is 1.09 bits per heavy atom. The van der Waals surface area contributed by atoms with Gasteiger partial charge in [-0.1, -0.05) is 33.6 Å². The van der Waals surface area contributed by atoms with Crippen LogP contribution in [0.2, 0.25) is 0 Å². The summed E-state index contributed by atoms with van der Waals surface area (Å²) in [6.45, 7) is 6.99. The predicted octanol–water partition coefficient (Wildman–Crippen LogP) is 2.54. The molecule has 2 rings (SSSR count). The number of rotatable bonds is 6. The van der Waals surface area contributed by atoms with Gasteiger partial charge in [-0.15, -0.1) is 0 Å². The van der Waals surface area contributed by atoms with E-state index >= 15 is 0 Å². The van der Waals surface area contributed by atoms with Gasteiger partial charge in [-0.3, -0.25) is 10.3 Å². The Kier molecular flexibility index (Phi) is 4.67. The van der Waals surface area contributed by atoms with Gasteiger partial charge in [-0.25, -0.2) is 0 Å². The van der Waals surface area contributed by atoms with Crippen LogP contribution >= 0.6 is 0 Å². The third-order valence-corrected chi connectivity index (χ3v) is 5.95. The summed E-state index contributed by atoms with van der Waals surface area (Å²) in [5.41, 5.74) is 3.92. The van der Waals surface area contributed by atoms with Gasteiger partial charge >= 0.3 is 0 Å². The van der Waals surface area contributed by atoms with Crippen LogP contribution in [0.5, 0.6) is 0 Å². The molecule has 5 heteroatoms. The van der Waals surface area contributed by atoms with E-state index in [-0.39, 0.29) is 17.9 Å². The molecule has 122 valence electrons. The fourth-order valence-corrected chi connectivity index (χ4v) is 5.02. The lowest BCUT2D eigenvalue weighted by Gasteiger charge is -2.32. The summed E-state index contributed by atoms with van der Waals surface area (Å²) < 4.78 is 2.01. The van der Waals surface area contributed by atoms with Crippen molar-refractivity contribution in [2.75, 3.05) is 6.54 Å². The third-order valence-electron chi connectivity index (χ3n) is 5.95. The maximum Gasteiger partial charge on any atom is 0.266 e. The van der Waals surface area contributed by atoms with E-state index in [1.54, 1.807) is 0 Å². The molecule has 4 atom stereocenters. The SMILES string of the molecule is CCCC[N+]1=C(N)[C@]2(C#N)[C@@H](CCC)[C@H](CC)[C@H]1C2(C#N)C#N. The Hall–Kier alpha value is -2.06. The van der Waals surface area contributed by atoms with Gasteiger partial charge in [0.15, 0.2) is 5.41 Å². The molecule has 1 fully saturated rings. The Balaban J connectivity index is 2.72. The number of unbranched alkanes of at least 4 members (excludes halogenated alkanes) is 1. The number of nitriles is 3. The number of fused-ring (bicyclic) bond motifs is 2. The van der Waals surface area contributed by atoms with Crippen molar-refractivity contribution in [1.82, 2.24) is 0 Å². The highest BCUT2D eigenvalue weighted by atomic mass is 15.2. The number of nitrogens with zero attached hydrogens (tertiary/aromatic N) is 4. The molecule has 0 saturated heterocycles. The van der Waals surface area contributed by atoms with Gasteiger partial charge in [0.05, 0.1) is 24.8 Å². The summed E-state index contributed by atoms with van der Waals surface area (Å²) in [6.07, 6.45) is 4.57. The first-order valence-electron chi connectivity index (χ1n) is 8.69. The number of amidine groups is 1. The summed E-state index contributed by atoms with van der Waals surface area (Å²) in [7, 11) is 0. The second-order valence-corrected chi connectivity index (χ2v) is 6.80. The number of hydrogen-bond donors (Lipinski definition) is 1. The van der Waals surface area contributed by atoms with Crippen molar-refractivity contribution in [2.24, 2.45) is 28.4 Å². The first kappa shape index (κ1) is 17.3. The average Bonchev–Trinajstić information content (AvgIpc) is 2.93. The van der Waals surface area contributed by atoms with Crippen molar-refractivity contribution < 1.29 is 4.58 Å². The van der Waals surface area contributed by atoms with Crippen molar-refractivity contribution in [3.8, 4) is 18.2 Å². The highest BCUT2D eigenvalue weighted by Crippen LogP contribution is 2.64. The fourth-order valence-electron chi connectivity index (χ4n) is 5.02. The van der Waals surface area contributed by atoms with Gasteiger partial charge in [0.2, 0.25) is 5.41 Å². The van der Waals surface area contributed by atoms with E-state index in [2.05, 4.69) is 39.0 Å². The number of hydrogen-bond acceptors (Lipinski definition) is 4. The number of nitrogens with two attached hydrogens (primary N) is 1. The minimum Gasteiger partial charge on any atom is -0.290 e. The van der Waals surface area contributed by atoms with Crippen LogP contribution in [-0.4, -0.2) is 23.0 Å². The Morgan fingerprint density at radius 3 is 2.17 bits per heavy atom. The Labute approximate surface area is 139 Å². The topological polar surface area (TPSA) is 100 Å². The second-order valence-electron chi connectivity index (χ2n) is 6.80. The first-order chi connectivity index (χ1) is 11.1. The minimum atomic E-state index is -1.35. The molecule has 2 aliphatic rings. The van der Waals surface area contributed by atoms with Gasteiger partial charge < -0.3 is 0 Å². The Morgan fingerprint density at radius 2 is 1.74 bits per heavy atom. The lowest BCUT2D eigenvalue weighted by Crippen LogP contribution is -2.50. The highest BCUT2D eigenvalue weighted by Gasteiger charge is 2.81. The van der Waals surface area contributed by atoms with Gasteiger partial charge in [-0.05, 0) is 25.2 Å². The molecule has 0 unspecified atom stereocenters. The summed E-state index contributed by atoms with van der Waals surface area (Å²) in [6, 6.07) is 6.60. The lowest BCUT2D eigenvalue weighted by molar-refractivity contribution is -0.577. The largest absolute Gasteiger partial charge is 0.290 e. The van der Waals surface area contributed by atoms with Crippen molar-refractivity contribution >= 4 is 5.84 Å². The molecular formula is C18H26N5+. The van der Waals surface area contributed by atoms with Crippen molar-refractivity contribution in [1.29, 1.82) is 15.8 Å². The van der Waals surface area contributed by atoms with Crippen LogP contribution in [-0.2, 0) is 0 Å². The zero-order valence-corrected chi connectivity index (χ0v) is 14.3. The molecule has 1 aliphatic heterocycles. The lowest BCUT2D eigenvalue weighted by atomic mass is 9.63. The van der Waals surface area contributed by atoms with Crippen LogP contribution in [0, 0.1) is 56.7 Å². The molecule has 1 saturated carbocycles. The molecule has 2 bridgehead atoms. The van der Waals surface area contributed by atoms with Crippen LogP contribution in [0.4, 0.5) is 0 Å². The maximum atomic E-state index is 10.1. The molecule has 0 spiro atoms. The van der Waals surface area contributed by atoms with E-state index < -0.39 is 10.8 Å². The third kappa shape index (κ3) is 1.85. The van der Waals surface area contributed by atoms with E-state index in [4.69, 9.17) is 5.73 Å². The van der Waals surface area contributed by atoms with E-state index in [1.807, 2.05) is 4.58 Å². The van der Waals surface area contributed by atoms with Crippen molar-refractivity contribution in [3.05, 3.63) is 0 Å². The molecule has 0 aromatic heterocycles. The molecule has 5 nitrogen and oxygen atoms in total. The standard InChI is InChI=1S/C18H25N5/c1-4-7-9-23-15-13(6-3)14(8-5-2)18(12-21,16(23)22)17(15,10-19)11-20/h13-15,22H,4-9H2,1-3H3/p+1/t13-,14-,15-,18-/m0/s1. The van der Waals surface area contributed by atoms with E-state index in [9.17, 15) is 15.8 Å². The monoisotopic (exact) mass is 312 g/mol. The molecule has 2 N–H and O–H groups in total. The average molecular weight is 312 g/mol. The summed E-state index contributed by atoms with van der Waals surface area (Å²) >= 11 is 0. The highest BCUT2D eigenvalue weighted by molar-refractivity contribution is 5.91. The van der Waals surface area contributed by atoms with Crippen LogP contribution in [0.3, 0.4) is 0 Å². The quantitative estimate of drug-likeness (QED) is 0.761. The first-order valence-corrected chi connectivity index (χ1v) is 8.69. The molecule has 0 radical (unpaired) electrons. The normalized spacial score (nSPS) is 34.0. The van der Waals surface area contributed by atoms with Gasteiger partial charge in [-0.2, -0.15) is 15.8 Å². The molecule has 23 heavy (non-hydrogen) atoms. The zero-order valence-electron chi connectivity index (χ0n) is 14.3. The van der Waals surface area contributed by atoms with E-state index in [0.29, 0.717) is 5.84 Å². The molecule has 0 amide bonds. The van der Waals surface area contributed by atoms with Crippen molar-refractivity contribution in [2.45, 2.75) is 58.9 Å². The summed E-state index contributed by atoms with van der Waals surface area (Å²) in [5.74, 6) is 0.618. The van der Waals surface area contributed by atoms with Crippen LogP contribution in [0.25, 0.3) is 0 Å². The van der Waals surface area contributed by atoms with Gasteiger partial charge in [0.1, 0.15) is 6.04 Å². The molecule has 0 aromatic carbocycles. The van der Waals surface area contributed by atoms with Crippen LogP contribution in [0.15, 0.2) is 0 Å². The minimum absolute atomic E-state index is 0.00956. The predicted molar refractivity (Wildman–Crippen MR) is 86.9 cm³/mol. The molecular weight excluding hydrogens is 286 g/mol. The van der Waals surface area contributed by atoms with Crippen LogP contribution in [0.1, 0.15) is 52.9 Å². The van der Waals surface area contributed by atoms with Gasteiger partial charge in [0, 0.05) is 5.92 Å². The summed E-state index contributed by atoms with van der Waals surface area (Å²) in [4.78, 5) is 0. The summed E-state index contributed by atoms with van der Waals surface area (Å²) in [5, 5.41) is 30.0. The second kappa shape index (κ2) is 6.21. The molecule has 1 aliphatic carbocycles. The van der Waals surface area contributed by atoms with E-state index in [0.717, 1.165) is 38.6 Å². The molecule has 0 aromatic rings. The molecule has 1 heterocycles. The van der Waals surface area contributed by atoms with Crippen LogP contribution < -0.4 is 5.73 Å². The smallest absolute Gasteiger partial charge is 0.266 e. The zero-order chi connectivity index (χ0) is 17.3. The van der Waals surface area contributed by atoms with Gasteiger partial charge in [0.25, 0.3) is 5.84 Å². The fraction of sp³-hybridized carbons (Fsp3) is 0.778. The van der Waals surface area contributed by atoms with E-state index in [1.165, 1.54) is 0 Å². The van der Waals surface area contributed by atoms with Crippen molar-refractivity contribution in [3.63, 3.8) is 0 Å². The Bertz CT molecular complexity index is 615.